The number of carbonyl (C=O) groups excluding carboxylic acids is 1. The molecule has 2 aliphatic rings. The van der Waals surface area contributed by atoms with Crippen LogP contribution in [0.5, 0.6) is 0 Å². The molecule has 1 aliphatic carbocycles. The van der Waals surface area contributed by atoms with Gasteiger partial charge in [-0.1, -0.05) is 81.1 Å². The van der Waals surface area contributed by atoms with Gasteiger partial charge in [0.2, 0.25) is 0 Å². The van der Waals surface area contributed by atoms with Gasteiger partial charge in [0.05, 0.1) is 23.3 Å². The third kappa shape index (κ3) is 3.59. The normalized spacial score (nSPS) is 17.5. The molecule has 152 valence electrons. The smallest absolute Gasteiger partial charge is 0.192 e. The summed E-state index contributed by atoms with van der Waals surface area (Å²) in [6.07, 6.45) is 7.43. The lowest BCUT2D eigenvalue weighted by molar-refractivity contribution is 0.103. The highest BCUT2D eigenvalue weighted by Gasteiger charge is 2.40. The van der Waals surface area contributed by atoms with Gasteiger partial charge in [-0.3, -0.25) is 4.79 Å². The summed E-state index contributed by atoms with van der Waals surface area (Å²) in [5, 5.41) is 13.2. The lowest BCUT2D eigenvalue weighted by atomic mass is 9.80. The van der Waals surface area contributed by atoms with E-state index in [4.69, 9.17) is 0 Å². The summed E-state index contributed by atoms with van der Waals surface area (Å²) in [7, 11) is 0. The third-order valence-electron chi connectivity index (χ3n) is 6.25. The first-order valence-corrected chi connectivity index (χ1v) is 11.0. The van der Waals surface area contributed by atoms with Crippen molar-refractivity contribution in [2.24, 2.45) is 0 Å². The summed E-state index contributed by atoms with van der Waals surface area (Å²) in [5.74, 6) is -0.289. The second kappa shape index (κ2) is 8.71. The Labute approximate surface area is 179 Å². The molecule has 0 spiro atoms. The van der Waals surface area contributed by atoms with E-state index < -0.39 is 0 Å². The largest absolute Gasteiger partial charge is 0.357 e. The van der Waals surface area contributed by atoms with Crippen molar-refractivity contribution in [1.82, 2.24) is 5.32 Å². The van der Waals surface area contributed by atoms with Crippen molar-refractivity contribution in [3.05, 3.63) is 87.6 Å². The molecule has 3 heteroatoms. The van der Waals surface area contributed by atoms with Gasteiger partial charge < -0.3 is 5.32 Å². The number of aryl methyl sites for hydroxylation is 1. The minimum atomic E-state index is -0.315. The van der Waals surface area contributed by atoms with E-state index in [1.54, 1.807) is 0 Å². The SMILES string of the molecule is CCCCCCCc1ccc([C@@H]2C(C#N)=C(C)NC3=C2C(=O)c2ccccc23)cc1. The molecule has 1 atom stereocenters. The molecule has 4 rings (SSSR count). The molecule has 0 saturated carbocycles. The number of fused-ring (bicyclic) bond motifs is 2. The quantitative estimate of drug-likeness (QED) is 0.559. The van der Waals surface area contributed by atoms with Gasteiger partial charge >= 0.3 is 0 Å². The number of allylic oxidation sites excluding steroid dienone is 3. The van der Waals surface area contributed by atoms with Crippen molar-refractivity contribution in [2.45, 2.75) is 58.3 Å². The van der Waals surface area contributed by atoms with Crippen LogP contribution in [-0.2, 0) is 6.42 Å². The fourth-order valence-corrected chi connectivity index (χ4v) is 4.62. The van der Waals surface area contributed by atoms with Crippen molar-refractivity contribution >= 4 is 11.5 Å². The maximum absolute atomic E-state index is 13.2. The zero-order valence-electron chi connectivity index (χ0n) is 17.8. The molecule has 30 heavy (non-hydrogen) atoms. The number of benzene rings is 2. The Balaban J connectivity index is 1.62. The number of dihydropyridines is 1. The molecule has 0 aromatic heterocycles. The molecule has 0 bridgehead atoms. The summed E-state index contributed by atoms with van der Waals surface area (Å²) in [4.78, 5) is 13.2. The highest BCUT2D eigenvalue weighted by atomic mass is 16.1. The highest BCUT2D eigenvalue weighted by molar-refractivity contribution is 6.22. The first-order valence-electron chi connectivity index (χ1n) is 11.0. The van der Waals surface area contributed by atoms with Crippen molar-refractivity contribution in [3.63, 3.8) is 0 Å². The summed E-state index contributed by atoms with van der Waals surface area (Å²) >= 11 is 0. The predicted molar refractivity (Wildman–Crippen MR) is 121 cm³/mol. The first-order chi connectivity index (χ1) is 14.7. The molecule has 0 fully saturated rings. The zero-order valence-corrected chi connectivity index (χ0v) is 17.8. The molecule has 0 saturated heterocycles. The number of hydrogen-bond acceptors (Lipinski definition) is 3. The molecule has 1 aliphatic heterocycles. The molecule has 3 nitrogen and oxygen atoms in total. The lowest BCUT2D eigenvalue weighted by Crippen LogP contribution is -2.24. The first kappa shape index (κ1) is 20.2. The second-order valence-corrected chi connectivity index (χ2v) is 8.28. The van der Waals surface area contributed by atoms with Gasteiger partial charge in [0.15, 0.2) is 5.78 Å². The third-order valence-corrected chi connectivity index (χ3v) is 6.25. The minimum absolute atomic E-state index is 0.0263. The zero-order chi connectivity index (χ0) is 21.1. The van der Waals surface area contributed by atoms with Crippen molar-refractivity contribution in [1.29, 1.82) is 5.26 Å². The van der Waals surface area contributed by atoms with Gasteiger partial charge in [-0.25, -0.2) is 0 Å². The Morgan fingerprint density at radius 3 is 2.37 bits per heavy atom. The minimum Gasteiger partial charge on any atom is -0.357 e. The van der Waals surface area contributed by atoms with E-state index >= 15 is 0 Å². The number of nitriles is 1. The monoisotopic (exact) mass is 396 g/mol. The van der Waals surface area contributed by atoms with Crippen LogP contribution in [-0.4, -0.2) is 5.78 Å². The lowest BCUT2D eigenvalue weighted by Gasteiger charge is -2.27. The Bertz CT molecular complexity index is 1070. The van der Waals surface area contributed by atoms with Crippen LogP contribution in [0.15, 0.2) is 65.4 Å². The fourth-order valence-electron chi connectivity index (χ4n) is 4.62. The Morgan fingerprint density at radius 2 is 1.67 bits per heavy atom. The van der Waals surface area contributed by atoms with Crippen LogP contribution in [0.25, 0.3) is 5.70 Å². The van der Waals surface area contributed by atoms with Crippen LogP contribution in [0.3, 0.4) is 0 Å². The van der Waals surface area contributed by atoms with Crippen LogP contribution in [0.2, 0.25) is 0 Å². The van der Waals surface area contributed by atoms with Crippen molar-refractivity contribution < 1.29 is 4.79 Å². The number of unbranched alkanes of at least 4 members (excludes halogenated alkanes) is 4. The van der Waals surface area contributed by atoms with E-state index in [1.807, 2.05) is 31.2 Å². The number of nitrogens with zero attached hydrogens (tertiary/aromatic N) is 1. The Hall–Kier alpha value is -3.12. The molecule has 1 heterocycles. The van der Waals surface area contributed by atoms with E-state index in [9.17, 15) is 10.1 Å². The van der Waals surface area contributed by atoms with Crippen molar-refractivity contribution in [2.75, 3.05) is 0 Å². The molecule has 0 amide bonds. The molecule has 2 aromatic rings. The van der Waals surface area contributed by atoms with Crippen molar-refractivity contribution in [3.8, 4) is 6.07 Å². The summed E-state index contributed by atoms with van der Waals surface area (Å²) in [5.41, 5.74) is 6.99. The summed E-state index contributed by atoms with van der Waals surface area (Å²) in [6, 6.07) is 18.6. The molecule has 0 unspecified atom stereocenters. The number of hydrogen-bond donors (Lipinski definition) is 1. The fraction of sp³-hybridized carbons (Fsp3) is 0.333. The topological polar surface area (TPSA) is 52.9 Å². The molecule has 2 aromatic carbocycles. The summed E-state index contributed by atoms with van der Waals surface area (Å²) < 4.78 is 0. The molecule has 0 radical (unpaired) electrons. The molecule has 1 N–H and O–H groups in total. The maximum Gasteiger partial charge on any atom is 0.192 e. The average Bonchev–Trinajstić information content (AvgIpc) is 3.05. The van der Waals surface area contributed by atoms with Crippen LogP contribution in [0.1, 0.15) is 78.9 Å². The van der Waals surface area contributed by atoms with Gasteiger partial charge in [-0.05, 0) is 30.9 Å². The number of carbonyl (C=O) groups is 1. The summed E-state index contributed by atoms with van der Waals surface area (Å²) in [6.45, 7) is 4.16. The van der Waals surface area contributed by atoms with Gasteiger partial charge in [-0.2, -0.15) is 5.26 Å². The van der Waals surface area contributed by atoms with E-state index in [0.29, 0.717) is 11.1 Å². The van der Waals surface area contributed by atoms with Gasteiger partial charge in [-0.15, -0.1) is 0 Å². The number of nitrogens with one attached hydrogen (secondary N) is 1. The number of ketones is 1. The predicted octanol–water partition coefficient (Wildman–Crippen LogP) is 6.29. The van der Waals surface area contributed by atoms with Crippen LogP contribution < -0.4 is 5.32 Å². The second-order valence-electron chi connectivity index (χ2n) is 8.28. The molecular formula is C27H28N2O. The van der Waals surface area contributed by atoms with Crippen LogP contribution >= 0.6 is 0 Å². The Morgan fingerprint density at radius 1 is 0.967 bits per heavy atom. The van der Waals surface area contributed by atoms with E-state index in [0.717, 1.165) is 34.5 Å². The van der Waals surface area contributed by atoms with E-state index in [1.165, 1.54) is 37.7 Å². The van der Waals surface area contributed by atoms with E-state index in [-0.39, 0.29) is 11.7 Å². The van der Waals surface area contributed by atoms with Gasteiger partial charge in [0.25, 0.3) is 0 Å². The van der Waals surface area contributed by atoms with Gasteiger partial charge in [0, 0.05) is 22.4 Å². The standard InChI is InChI=1S/C27H28N2O/c1-3-4-5-6-7-10-19-13-15-20(16-14-19)24-23(17-28)18(2)29-26-21-11-8-9-12-22(21)27(30)25(24)26/h8-9,11-16,24,29H,3-7,10H2,1-2H3/t24-/m1/s1. The number of Topliss-reactive ketones (excluding diaryl/α,β-unsaturated/α-hetero) is 1. The average molecular weight is 397 g/mol. The van der Waals surface area contributed by atoms with E-state index in [2.05, 4.69) is 42.6 Å². The van der Waals surface area contributed by atoms with Crippen LogP contribution in [0, 0.1) is 11.3 Å². The highest BCUT2D eigenvalue weighted by Crippen LogP contribution is 2.46. The molecular weight excluding hydrogens is 368 g/mol. The van der Waals surface area contributed by atoms with Gasteiger partial charge in [0.1, 0.15) is 0 Å². The van der Waals surface area contributed by atoms with Crippen LogP contribution in [0.4, 0.5) is 0 Å². The maximum atomic E-state index is 13.2. The number of rotatable bonds is 7. The Kier molecular flexibility index (Phi) is 5.86.